The van der Waals surface area contributed by atoms with Gasteiger partial charge in [0, 0.05) is 47.9 Å². The van der Waals surface area contributed by atoms with Gasteiger partial charge in [0.15, 0.2) is 0 Å². The summed E-state index contributed by atoms with van der Waals surface area (Å²) in [4.78, 5) is 8.93. The van der Waals surface area contributed by atoms with E-state index in [9.17, 15) is 0 Å². The first-order chi connectivity index (χ1) is 13.6. The lowest BCUT2D eigenvalue weighted by Crippen LogP contribution is -2.02. The first kappa shape index (κ1) is 17.9. The Morgan fingerprint density at radius 3 is 2.75 bits per heavy atom. The number of methoxy groups -OCH3 is 1. The van der Waals surface area contributed by atoms with E-state index in [1.807, 2.05) is 32.2 Å². The predicted molar refractivity (Wildman–Crippen MR) is 114 cm³/mol. The van der Waals surface area contributed by atoms with Gasteiger partial charge >= 0.3 is 0 Å². The van der Waals surface area contributed by atoms with Gasteiger partial charge in [0.25, 0.3) is 0 Å². The number of aryl methyl sites for hydroxylation is 1. The normalized spacial score (nSPS) is 12.3. The van der Waals surface area contributed by atoms with Gasteiger partial charge in [0.2, 0.25) is 5.95 Å². The summed E-state index contributed by atoms with van der Waals surface area (Å²) in [6.07, 6.45) is 0.868. The molecule has 0 saturated heterocycles. The number of aromatic nitrogens is 2. The van der Waals surface area contributed by atoms with E-state index in [0.29, 0.717) is 5.95 Å². The monoisotopic (exact) mass is 373 g/mol. The molecular formula is C22H23N5O. The van der Waals surface area contributed by atoms with Gasteiger partial charge in [0.05, 0.1) is 7.11 Å². The van der Waals surface area contributed by atoms with Crippen LogP contribution >= 0.6 is 0 Å². The van der Waals surface area contributed by atoms with Crippen molar-refractivity contribution in [2.75, 3.05) is 30.1 Å². The van der Waals surface area contributed by atoms with E-state index in [2.05, 4.69) is 56.8 Å². The van der Waals surface area contributed by atoms with E-state index in [4.69, 9.17) is 4.74 Å². The number of allylic oxidation sites excluding steroid dienone is 1. The van der Waals surface area contributed by atoms with Crippen LogP contribution in [-0.4, -0.2) is 24.1 Å². The average Bonchev–Trinajstić information content (AvgIpc) is 3.06. The van der Waals surface area contributed by atoms with E-state index < -0.39 is 0 Å². The van der Waals surface area contributed by atoms with Gasteiger partial charge in [-0.1, -0.05) is 18.7 Å². The molecule has 1 aliphatic rings. The number of nitrogens with zero attached hydrogens (tertiary/aromatic N) is 2. The second-order valence-electron chi connectivity index (χ2n) is 6.79. The summed E-state index contributed by atoms with van der Waals surface area (Å²) >= 11 is 0. The number of hydrogen-bond donors (Lipinski definition) is 3. The lowest BCUT2D eigenvalue weighted by Gasteiger charge is -2.13. The number of rotatable bonds is 5. The van der Waals surface area contributed by atoms with Crippen LogP contribution in [0.25, 0.3) is 11.1 Å². The molecule has 1 aromatic heterocycles. The van der Waals surface area contributed by atoms with Gasteiger partial charge in [-0.25, -0.2) is 4.98 Å². The van der Waals surface area contributed by atoms with Gasteiger partial charge < -0.3 is 20.7 Å². The van der Waals surface area contributed by atoms with Crippen LogP contribution in [0.2, 0.25) is 0 Å². The molecule has 2 aromatic carbocycles. The highest BCUT2D eigenvalue weighted by Crippen LogP contribution is 2.37. The third-order valence-corrected chi connectivity index (χ3v) is 4.70. The second kappa shape index (κ2) is 7.23. The Labute approximate surface area is 164 Å². The molecule has 0 saturated carbocycles. The van der Waals surface area contributed by atoms with Crippen molar-refractivity contribution in [1.82, 2.24) is 9.97 Å². The average molecular weight is 373 g/mol. The molecule has 0 fully saturated rings. The van der Waals surface area contributed by atoms with Crippen LogP contribution in [0.1, 0.15) is 11.3 Å². The van der Waals surface area contributed by atoms with Gasteiger partial charge in [-0.15, -0.1) is 0 Å². The summed E-state index contributed by atoms with van der Waals surface area (Å²) < 4.78 is 5.59. The molecule has 0 aliphatic carbocycles. The van der Waals surface area contributed by atoms with Crippen LogP contribution in [0.15, 0.2) is 54.7 Å². The fraction of sp³-hybridized carbons (Fsp3) is 0.182. The molecular weight excluding hydrogens is 350 g/mol. The highest BCUT2D eigenvalue weighted by Gasteiger charge is 2.16. The van der Waals surface area contributed by atoms with Crippen molar-refractivity contribution in [3.8, 4) is 16.9 Å². The van der Waals surface area contributed by atoms with Gasteiger partial charge in [0.1, 0.15) is 11.6 Å². The third-order valence-electron chi connectivity index (χ3n) is 4.70. The molecule has 2 heterocycles. The second-order valence-corrected chi connectivity index (χ2v) is 6.79. The number of fused-ring (bicyclic) bond motifs is 1. The van der Waals surface area contributed by atoms with E-state index in [-0.39, 0.29) is 0 Å². The summed E-state index contributed by atoms with van der Waals surface area (Å²) in [5.74, 6) is 2.13. The van der Waals surface area contributed by atoms with Gasteiger partial charge in [-0.05, 0) is 42.3 Å². The lowest BCUT2D eigenvalue weighted by atomic mass is 10.0. The molecule has 0 atom stereocenters. The van der Waals surface area contributed by atoms with Crippen molar-refractivity contribution in [1.29, 1.82) is 0 Å². The zero-order chi connectivity index (χ0) is 19.7. The van der Waals surface area contributed by atoms with Crippen molar-refractivity contribution in [3.05, 3.63) is 66.0 Å². The lowest BCUT2D eigenvalue weighted by molar-refractivity contribution is 0.416. The zero-order valence-electron chi connectivity index (χ0n) is 16.3. The van der Waals surface area contributed by atoms with Crippen molar-refractivity contribution >= 4 is 23.1 Å². The quantitative estimate of drug-likeness (QED) is 0.601. The van der Waals surface area contributed by atoms with Crippen LogP contribution < -0.4 is 20.7 Å². The summed E-state index contributed by atoms with van der Waals surface area (Å²) in [5, 5.41) is 9.68. The summed E-state index contributed by atoms with van der Waals surface area (Å²) in [6.45, 7) is 5.97. The number of benzene rings is 2. The standard InChI is InChI=1S/C22H23N5O/c1-13-9-16-6-5-15(11-19(16)24-13)18-12-17(7-8-20(18)28-4)26-22-25-14(2)10-21(23-3)27-22/h5-8,10-12,24H,1,9H2,2-4H3,(H2,23,25,26,27). The maximum absolute atomic E-state index is 5.59. The molecule has 4 rings (SSSR count). The molecule has 0 unspecified atom stereocenters. The van der Waals surface area contributed by atoms with Crippen LogP contribution in [0.5, 0.6) is 5.75 Å². The first-order valence-electron chi connectivity index (χ1n) is 9.12. The highest BCUT2D eigenvalue weighted by molar-refractivity contribution is 5.79. The molecule has 3 N–H and O–H groups in total. The Kier molecular flexibility index (Phi) is 4.61. The number of ether oxygens (including phenoxy) is 1. The summed E-state index contributed by atoms with van der Waals surface area (Å²) in [5.41, 5.74) is 7.23. The molecule has 6 nitrogen and oxygen atoms in total. The molecule has 3 aromatic rings. The summed E-state index contributed by atoms with van der Waals surface area (Å²) in [7, 11) is 3.52. The van der Waals surface area contributed by atoms with E-state index in [0.717, 1.165) is 51.9 Å². The van der Waals surface area contributed by atoms with Crippen molar-refractivity contribution in [2.24, 2.45) is 0 Å². The fourth-order valence-electron chi connectivity index (χ4n) is 3.37. The molecule has 6 heteroatoms. The van der Waals surface area contributed by atoms with Crippen molar-refractivity contribution in [2.45, 2.75) is 13.3 Å². The Hall–Kier alpha value is -3.54. The first-order valence-corrected chi connectivity index (χ1v) is 9.12. The molecule has 0 radical (unpaired) electrons. The Balaban J connectivity index is 1.70. The third kappa shape index (κ3) is 3.49. The zero-order valence-corrected chi connectivity index (χ0v) is 16.3. The Morgan fingerprint density at radius 2 is 1.96 bits per heavy atom. The highest BCUT2D eigenvalue weighted by atomic mass is 16.5. The van der Waals surface area contributed by atoms with Crippen molar-refractivity contribution < 1.29 is 4.74 Å². The van der Waals surface area contributed by atoms with Crippen LogP contribution in [0.3, 0.4) is 0 Å². The summed E-state index contributed by atoms with van der Waals surface area (Å²) in [6, 6.07) is 14.2. The molecule has 142 valence electrons. The maximum atomic E-state index is 5.59. The minimum absolute atomic E-state index is 0.549. The maximum Gasteiger partial charge on any atom is 0.229 e. The predicted octanol–water partition coefficient (Wildman–Crippen LogP) is 4.73. The molecule has 28 heavy (non-hydrogen) atoms. The number of anilines is 4. The number of hydrogen-bond acceptors (Lipinski definition) is 6. The molecule has 0 spiro atoms. The van der Waals surface area contributed by atoms with Gasteiger partial charge in [-0.3, -0.25) is 0 Å². The Morgan fingerprint density at radius 1 is 1.11 bits per heavy atom. The van der Waals surface area contributed by atoms with E-state index in [1.165, 1.54) is 5.56 Å². The molecule has 1 aliphatic heterocycles. The Bertz CT molecular complexity index is 1060. The topological polar surface area (TPSA) is 71.1 Å². The van der Waals surface area contributed by atoms with Crippen LogP contribution in [0, 0.1) is 6.92 Å². The van der Waals surface area contributed by atoms with Crippen molar-refractivity contribution in [3.63, 3.8) is 0 Å². The fourth-order valence-corrected chi connectivity index (χ4v) is 3.37. The molecule has 0 amide bonds. The van der Waals surface area contributed by atoms with E-state index in [1.54, 1.807) is 7.11 Å². The minimum atomic E-state index is 0.549. The number of nitrogens with one attached hydrogen (secondary N) is 3. The SMILES string of the molecule is C=C1Cc2ccc(-c3cc(Nc4nc(C)cc(NC)n4)ccc3OC)cc2N1. The smallest absolute Gasteiger partial charge is 0.229 e. The van der Waals surface area contributed by atoms with Gasteiger partial charge in [-0.2, -0.15) is 4.98 Å². The molecule has 0 bridgehead atoms. The minimum Gasteiger partial charge on any atom is -0.496 e. The van der Waals surface area contributed by atoms with Crippen LogP contribution in [0.4, 0.5) is 23.1 Å². The van der Waals surface area contributed by atoms with Crippen LogP contribution in [-0.2, 0) is 6.42 Å². The van der Waals surface area contributed by atoms with E-state index >= 15 is 0 Å². The largest absolute Gasteiger partial charge is 0.496 e.